The molecule has 0 amide bonds. The van der Waals surface area contributed by atoms with E-state index in [-0.39, 0.29) is 12.4 Å². The molecular formula is C12H6BrI3O2S. The molecule has 0 radical (unpaired) electrons. The maximum atomic E-state index is 12.0. The van der Waals surface area contributed by atoms with E-state index in [2.05, 4.69) is 83.7 Å². The van der Waals surface area contributed by atoms with Crippen molar-refractivity contribution < 1.29 is 9.53 Å². The van der Waals surface area contributed by atoms with Gasteiger partial charge in [-0.25, -0.2) is 0 Å². The van der Waals surface area contributed by atoms with Gasteiger partial charge in [0.15, 0.2) is 6.61 Å². The molecular weight excluding hydrogens is 669 g/mol. The van der Waals surface area contributed by atoms with Crippen LogP contribution in [0.2, 0.25) is 0 Å². The van der Waals surface area contributed by atoms with E-state index in [0.29, 0.717) is 4.88 Å². The van der Waals surface area contributed by atoms with Crippen LogP contribution in [0, 0.1) is 10.7 Å². The van der Waals surface area contributed by atoms with Gasteiger partial charge in [0.1, 0.15) is 5.75 Å². The van der Waals surface area contributed by atoms with Gasteiger partial charge in [-0.2, -0.15) is 0 Å². The third kappa shape index (κ3) is 4.27. The van der Waals surface area contributed by atoms with E-state index in [1.54, 1.807) is 0 Å². The summed E-state index contributed by atoms with van der Waals surface area (Å²) < 4.78 is 9.71. The summed E-state index contributed by atoms with van der Waals surface area (Å²) in [6.45, 7) is 0.0612. The molecule has 0 bridgehead atoms. The standard InChI is InChI=1S/C12H6BrI3O2S/c13-7-1-2-19-12(7)10(17)5-18-11-8(15)3-6(14)4-9(11)16/h1-4H,5H2. The van der Waals surface area contributed by atoms with Crippen molar-refractivity contribution >= 4 is 101 Å². The summed E-state index contributed by atoms with van der Waals surface area (Å²) in [6.07, 6.45) is 0. The normalized spacial score (nSPS) is 10.5. The predicted molar refractivity (Wildman–Crippen MR) is 106 cm³/mol. The first-order valence-corrected chi connectivity index (χ1v) is 9.93. The molecule has 2 nitrogen and oxygen atoms in total. The van der Waals surface area contributed by atoms with Crippen molar-refractivity contribution in [2.75, 3.05) is 6.61 Å². The van der Waals surface area contributed by atoms with Crippen LogP contribution in [0.1, 0.15) is 9.67 Å². The zero-order valence-corrected chi connectivity index (χ0v) is 18.1. The van der Waals surface area contributed by atoms with Gasteiger partial charge in [-0.1, -0.05) is 0 Å². The summed E-state index contributed by atoms with van der Waals surface area (Å²) in [4.78, 5) is 12.7. The van der Waals surface area contributed by atoms with Gasteiger partial charge in [-0.3, -0.25) is 4.79 Å². The van der Waals surface area contributed by atoms with Crippen molar-refractivity contribution in [2.24, 2.45) is 0 Å². The molecule has 0 N–H and O–H groups in total. The Labute approximate surface area is 164 Å². The maximum Gasteiger partial charge on any atom is 0.211 e. The second kappa shape index (κ2) is 7.36. The van der Waals surface area contributed by atoms with Gasteiger partial charge in [0, 0.05) is 8.04 Å². The number of halogens is 4. The lowest BCUT2D eigenvalue weighted by atomic mass is 10.3. The van der Waals surface area contributed by atoms with Gasteiger partial charge in [-0.15, -0.1) is 11.3 Å². The minimum absolute atomic E-state index is 0.00738. The monoisotopic (exact) mass is 674 g/mol. The first kappa shape index (κ1) is 16.4. The van der Waals surface area contributed by atoms with Crippen LogP contribution in [0.5, 0.6) is 5.75 Å². The number of thiophene rings is 1. The van der Waals surface area contributed by atoms with Crippen LogP contribution in [0.3, 0.4) is 0 Å². The summed E-state index contributed by atoms with van der Waals surface area (Å²) >= 11 is 11.5. The number of carbonyl (C=O) groups excluding carboxylic acids is 1. The highest BCUT2D eigenvalue weighted by atomic mass is 127. The lowest BCUT2D eigenvalue weighted by Gasteiger charge is -2.10. The Morgan fingerprint density at radius 3 is 2.42 bits per heavy atom. The van der Waals surface area contributed by atoms with E-state index in [4.69, 9.17) is 4.74 Å². The highest BCUT2D eigenvalue weighted by molar-refractivity contribution is 14.1. The van der Waals surface area contributed by atoms with E-state index in [0.717, 1.165) is 20.9 Å². The zero-order valence-electron chi connectivity index (χ0n) is 9.25. The fourth-order valence-corrected chi connectivity index (χ4v) is 6.78. The van der Waals surface area contributed by atoms with Gasteiger partial charge in [0.25, 0.3) is 0 Å². The molecule has 0 aliphatic carbocycles. The number of ether oxygens (including phenoxy) is 1. The molecule has 7 heteroatoms. The molecule has 1 aromatic heterocycles. The maximum absolute atomic E-state index is 12.0. The van der Waals surface area contributed by atoms with Gasteiger partial charge in [0.2, 0.25) is 5.78 Å². The average Bonchev–Trinajstić information content (AvgIpc) is 2.73. The summed E-state index contributed by atoms with van der Waals surface area (Å²) in [5.41, 5.74) is 0. The summed E-state index contributed by atoms with van der Waals surface area (Å²) in [5, 5.41) is 1.88. The molecule has 100 valence electrons. The number of hydrogen-bond donors (Lipinski definition) is 0. The average molecular weight is 675 g/mol. The zero-order chi connectivity index (χ0) is 14.0. The summed E-state index contributed by atoms with van der Waals surface area (Å²) in [6, 6.07) is 5.94. The second-order valence-corrected chi connectivity index (χ2v) is 8.85. The highest BCUT2D eigenvalue weighted by Crippen LogP contribution is 2.30. The molecule has 2 aromatic rings. The van der Waals surface area contributed by atoms with Crippen LogP contribution in [0.15, 0.2) is 28.1 Å². The smallest absolute Gasteiger partial charge is 0.211 e. The Bertz CT molecular complexity index is 604. The van der Waals surface area contributed by atoms with Crippen molar-refractivity contribution in [3.05, 3.63) is 43.6 Å². The first-order chi connectivity index (χ1) is 8.99. The van der Waals surface area contributed by atoms with Gasteiger partial charge in [0.05, 0.1) is 12.0 Å². The van der Waals surface area contributed by atoms with E-state index >= 15 is 0 Å². The van der Waals surface area contributed by atoms with Crippen LogP contribution < -0.4 is 4.74 Å². The number of hydrogen-bond acceptors (Lipinski definition) is 3. The van der Waals surface area contributed by atoms with E-state index in [1.165, 1.54) is 11.3 Å². The number of ketones is 1. The van der Waals surface area contributed by atoms with Gasteiger partial charge >= 0.3 is 0 Å². The Hall–Kier alpha value is 1.06. The summed E-state index contributed by atoms with van der Waals surface area (Å²) in [7, 11) is 0. The van der Waals surface area contributed by atoms with Crippen molar-refractivity contribution in [2.45, 2.75) is 0 Å². The fourth-order valence-electron chi connectivity index (χ4n) is 1.36. The Morgan fingerprint density at radius 2 is 1.89 bits per heavy atom. The Morgan fingerprint density at radius 1 is 1.26 bits per heavy atom. The van der Waals surface area contributed by atoms with Crippen molar-refractivity contribution in [3.63, 3.8) is 0 Å². The third-order valence-corrected chi connectivity index (χ3v) is 6.29. The molecule has 0 atom stereocenters. The predicted octanol–water partition coefficient (Wildman–Crippen LogP) is 5.59. The lowest BCUT2D eigenvalue weighted by molar-refractivity contribution is 0.0923. The molecule has 19 heavy (non-hydrogen) atoms. The molecule has 0 spiro atoms. The van der Waals surface area contributed by atoms with Crippen LogP contribution in [-0.4, -0.2) is 12.4 Å². The van der Waals surface area contributed by atoms with Gasteiger partial charge < -0.3 is 4.74 Å². The van der Waals surface area contributed by atoms with Crippen molar-refractivity contribution in [3.8, 4) is 5.75 Å². The quantitative estimate of drug-likeness (QED) is 0.313. The van der Waals surface area contributed by atoms with E-state index in [9.17, 15) is 4.79 Å². The van der Waals surface area contributed by atoms with Crippen LogP contribution in [-0.2, 0) is 0 Å². The fraction of sp³-hybridized carbons (Fsp3) is 0.0833. The van der Waals surface area contributed by atoms with Crippen molar-refractivity contribution in [1.82, 2.24) is 0 Å². The molecule has 2 rings (SSSR count). The molecule has 0 saturated heterocycles. The minimum Gasteiger partial charge on any atom is -0.483 e. The number of carbonyl (C=O) groups is 1. The van der Waals surface area contributed by atoms with E-state index < -0.39 is 0 Å². The lowest BCUT2D eigenvalue weighted by Crippen LogP contribution is -2.12. The topological polar surface area (TPSA) is 26.3 Å². The van der Waals surface area contributed by atoms with E-state index in [1.807, 2.05) is 23.6 Å². The van der Waals surface area contributed by atoms with Crippen LogP contribution in [0.4, 0.5) is 0 Å². The minimum atomic E-state index is -0.00738. The molecule has 0 aliphatic rings. The molecule has 0 aliphatic heterocycles. The Balaban J connectivity index is 2.12. The van der Waals surface area contributed by atoms with Crippen molar-refractivity contribution in [1.29, 1.82) is 0 Å². The number of rotatable bonds is 4. The largest absolute Gasteiger partial charge is 0.483 e. The van der Waals surface area contributed by atoms with Gasteiger partial charge in [-0.05, 0) is 107 Å². The molecule has 1 heterocycles. The molecule has 0 unspecified atom stereocenters. The number of benzene rings is 1. The highest BCUT2D eigenvalue weighted by Gasteiger charge is 2.14. The second-order valence-electron chi connectivity index (χ2n) is 3.51. The third-order valence-electron chi connectivity index (χ3n) is 2.18. The summed E-state index contributed by atoms with van der Waals surface area (Å²) in [5.74, 6) is 0.773. The molecule has 0 saturated carbocycles. The number of Topliss-reactive ketones (excluding diaryl/α,β-unsaturated/α-hetero) is 1. The molecule has 1 aromatic carbocycles. The van der Waals surface area contributed by atoms with Crippen LogP contribution >= 0.6 is 95.0 Å². The SMILES string of the molecule is O=C(COc1c(I)cc(I)cc1I)c1sccc1Br. The first-order valence-electron chi connectivity index (χ1n) is 5.02. The Kier molecular flexibility index (Phi) is 6.37. The van der Waals surface area contributed by atoms with Crippen LogP contribution in [0.25, 0.3) is 0 Å². The molecule has 0 fully saturated rings.